The van der Waals surface area contributed by atoms with E-state index in [-0.39, 0.29) is 0 Å². The van der Waals surface area contributed by atoms with Gasteiger partial charge in [0.15, 0.2) is 0 Å². The molecule has 1 aromatic heterocycles. The fraction of sp³-hybridized carbons (Fsp3) is 0.500. The first-order valence-corrected chi connectivity index (χ1v) is 7.14. The van der Waals surface area contributed by atoms with Crippen molar-refractivity contribution >= 4 is 7.14 Å². The molecule has 0 saturated heterocycles. The molecule has 1 heterocycles. The predicted octanol–water partition coefficient (Wildman–Crippen LogP) is 2.82. The van der Waals surface area contributed by atoms with Crippen molar-refractivity contribution < 1.29 is 4.57 Å². The van der Waals surface area contributed by atoms with Gasteiger partial charge < -0.3 is 4.57 Å². The number of hydrogen-bond acceptors (Lipinski definition) is 2. The van der Waals surface area contributed by atoms with E-state index in [2.05, 4.69) is 4.98 Å². The van der Waals surface area contributed by atoms with Crippen molar-refractivity contribution in [1.29, 1.82) is 0 Å². The normalized spacial score (nSPS) is 11.7. The van der Waals surface area contributed by atoms with Gasteiger partial charge in [0.25, 0.3) is 0 Å². The second-order valence-corrected chi connectivity index (χ2v) is 7.47. The summed E-state index contributed by atoms with van der Waals surface area (Å²) in [6.07, 6.45) is 0.607. The molecule has 0 amide bonds. The average molecular weight is 197 g/mol. The van der Waals surface area contributed by atoms with Crippen molar-refractivity contribution in [3.8, 4) is 0 Å². The fourth-order valence-corrected chi connectivity index (χ4v) is 2.34. The molecule has 1 aromatic rings. The van der Waals surface area contributed by atoms with Crippen LogP contribution in [0.3, 0.4) is 0 Å². The molecule has 0 atom stereocenters. The Morgan fingerprint density at radius 1 is 1.31 bits per heavy atom. The second kappa shape index (κ2) is 3.63. The summed E-state index contributed by atoms with van der Waals surface area (Å²) < 4.78 is 11.6. The monoisotopic (exact) mass is 197 g/mol. The molecule has 13 heavy (non-hydrogen) atoms. The summed E-state index contributed by atoms with van der Waals surface area (Å²) in [5.41, 5.74) is 3.14. The van der Waals surface area contributed by atoms with Gasteiger partial charge in [-0.3, -0.25) is 4.98 Å². The first-order valence-electron chi connectivity index (χ1n) is 4.35. The van der Waals surface area contributed by atoms with Gasteiger partial charge in [-0.15, -0.1) is 0 Å². The Labute approximate surface area is 79.8 Å². The van der Waals surface area contributed by atoms with Gasteiger partial charge in [0.1, 0.15) is 0 Å². The van der Waals surface area contributed by atoms with Crippen molar-refractivity contribution in [3.63, 3.8) is 0 Å². The lowest BCUT2D eigenvalue weighted by atomic mass is 10.2. The van der Waals surface area contributed by atoms with E-state index in [1.165, 1.54) is 5.56 Å². The minimum Gasteiger partial charge on any atom is -0.324 e. The minimum absolute atomic E-state index is 0.607. The highest BCUT2D eigenvalue weighted by Crippen LogP contribution is 2.39. The zero-order valence-electron chi connectivity index (χ0n) is 8.66. The van der Waals surface area contributed by atoms with Gasteiger partial charge in [-0.1, -0.05) is 0 Å². The van der Waals surface area contributed by atoms with E-state index in [1.807, 2.05) is 26.0 Å². The lowest BCUT2D eigenvalue weighted by Crippen LogP contribution is -1.93. The van der Waals surface area contributed by atoms with Crippen LogP contribution in [0.5, 0.6) is 0 Å². The van der Waals surface area contributed by atoms with Crippen LogP contribution >= 0.6 is 7.14 Å². The minimum atomic E-state index is -1.99. The van der Waals surface area contributed by atoms with Crippen LogP contribution in [-0.2, 0) is 10.7 Å². The summed E-state index contributed by atoms with van der Waals surface area (Å²) >= 11 is 0. The van der Waals surface area contributed by atoms with Crippen molar-refractivity contribution in [2.24, 2.45) is 0 Å². The molecule has 0 bridgehead atoms. The van der Waals surface area contributed by atoms with E-state index in [0.717, 1.165) is 11.4 Å². The molecule has 0 aromatic carbocycles. The lowest BCUT2D eigenvalue weighted by Gasteiger charge is -2.07. The van der Waals surface area contributed by atoms with Crippen molar-refractivity contribution in [2.45, 2.75) is 20.0 Å². The van der Waals surface area contributed by atoms with Crippen molar-refractivity contribution in [1.82, 2.24) is 4.98 Å². The smallest absolute Gasteiger partial charge is 0.0876 e. The maximum absolute atomic E-state index is 11.6. The highest BCUT2D eigenvalue weighted by atomic mass is 31.2. The van der Waals surface area contributed by atoms with Crippen LogP contribution in [0.25, 0.3) is 0 Å². The molecular weight excluding hydrogens is 181 g/mol. The Hall–Kier alpha value is -0.620. The zero-order valence-corrected chi connectivity index (χ0v) is 9.56. The Bertz CT molecular complexity index is 334. The van der Waals surface area contributed by atoms with E-state index in [9.17, 15) is 4.57 Å². The molecule has 0 radical (unpaired) electrons. The van der Waals surface area contributed by atoms with Crippen LogP contribution in [-0.4, -0.2) is 18.3 Å². The summed E-state index contributed by atoms with van der Waals surface area (Å²) in [5, 5.41) is 0. The Balaban J connectivity index is 2.96. The number of pyridine rings is 1. The predicted molar refractivity (Wildman–Crippen MR) is 56.9 cm³/mol. The number of aromatic nitrogens is 1. The van der Waals surface area contributed by atoms with Gasteiger partial charge in [0, 0.05) is 17.5 Å². The van der Waals surface area contributed by atoms with Crippen LogP contribution in [0.15, 0.2) is 12.1 Å². The molecule has 0 unspecified atom stereocenters. The molecule has 0 spiro atoms. The third-order valence-electron chi connectivity index (χ3n) is 1.69. The molecule has 3 heteroatoms. The summed E-state index contributed by atoms with van der Waals surface area (Å²) in [4.78, 5) is 4.35. The molecule has 1 rings (SSSR count). The highest BCUT2D eigenvalue weighted by molar-refractivity contribution is 7.61. The molecule has 2 nitrogen and oxygen atoms in total. The average Bonchev–Trinajstić information content (AvgIpc) is 1.78. The van der Waals surface area contributed by atoms with Gasteiger partial charge >= 0.3 is 0 Å². The van der Waals surface area contributed by atoms with Gasteiger partial charge in [-0.2, -0.15) is 0 Å². The third-order valence-corrected chi connectivity index (χ3v) is 2.78. The van der Waals surface area contributed by atoms with Gasteiger partial charge in [-0.25, -0.2) is 0 Å². The zero-order chi connectivity index (χ0) is 10.1. The van der Waals surface area contributed by atoms with E-state index < -0.39 is 7.14 Å². The van der Waals surface area contributed by atoms with Crippen LogP contribution < -0.4 is 0 Å². The van der Waals surface area contributed by atoms with Crippen LogP contribution in [0.4, 0.5) is 0 Å². The van der Waals surface area contributed by atoms with Crippen LogP contribution in [0.2, 0.25) is 0 Å². The molecule has 0 N–H and O–H groups in total. The maximum Gasteiger partial charge on any atom is 0.0876 e. The second-order valence-electron chi connectivity index (χ2n) is 4.01. The summed E-state index contributed by atoms with van der Waals surface area (Å²) in [6, 6.07) is 4.03. The molecule has 0 fully saturated rings. The molecule has 0 aliphatic heterocycles. The first-order chi connectivity index (χ1) is 5.87. The van der Waals surface area contributed by atoms with E-state index in [0.29, 0.717) is 6.16 Å². The van der Waals surface area contributed by atoms with Gasteiger partial charge in [0.2, 0.25) is 0 Å². The summed E-state index contributed by atoms with van der Waals surface area (Å²) in [5.74, 6) is 0. The van der Waals surface area contributed by atoms with E-state index in [1.54, 1.807) is 13.3 Å². The molecule has 72 valence electrons. The number of nitrogens with zero attached hydrogens (tertiary/aromatic N) is 1. The molecule has 0 saturated carbocycles. The van der Waals surface area contributed by atoms with Gasteiger partial charge in [-0.05, 0) is 44.9 Å². The lowest BCUT2D eigenvalue weighted by molar-refractivity contribution is 0.581. The Kier molecular flexibility index (Phi) is 2.92. The topological polar surface area (TPSA) is 30.0 Å². The number of rotatable bonds is 2. The fourth-order valence-electron chi connectivity index (χ4n) is 1.40. The summed E-state index contributed by atoms with van der Waals surface area (Å²) in [7, 11) is -1.99. The summed E-state index contributed by atoms with van der Waals surface area (Å²) in [6.45, 7) is 7.60. The molecular formula is C10H16NOP. The van der Waals surface area contributed by atoms with E-state index >= 15 is 0 Å². The van der Waals surface area contributed by atoms with Crippen molar-refractivity contribution in [2.75, 3.05) is 13.3 Å². The van der Waals surface area contributed by atoms with Crippen LogP contribution in [0, 0.1) is 13.8 Å². The van der Waals surface area contributed by atoms with E-state index in [4.69, 9.17) is 0 Å². The maximum atomic E-state index is 11.6. The molecule has 0 aliphatic carbocycles. The van der Waals surface area contributed by atoms with Gasteiger partial charge in [0.05, 0.1) is 7.14 Å². The van der Waals surface area contributed by atoms with Crippen molar-refractivity contribution in [3.05, 3.63) is 29.1 Å². The third kappa shape index (κ3) is 3.73. The number of hydrogen-bond donors (Lipinski definition) is 0. The SMILES string of the molecule is Cc1cc(C)nc(CP(C)(C)=O)c1. The quantitative estimate of drug-likeness (QED) is 0.682. The number of aryl methyl sites for hydroxylation is 2. The first kappa shape index (κ1) is 10.5. The Morgan fingerprint density at radius 3 is 2.38 bits per heavy atom. The Morgan fingerprint density at radius 2 is 1.92 bits per heavy atom. The van der Waals surface area contributed by atoms with Crippen LogP contribution in [0.1, 0.15) is 17.0 Å². The standard InChI is InChI=1S/C10H16NOP/c1-8-5-9(2)11-10(6-8)7-13(3,4)12/h5-6H,7H2,1-4H3. The molecule has 0 aliphatic rings. The largest absolute Gasteiger partial charge is 0.324 e. The highest BCUT2D eigenvalue weighted by Gasteiger charge is 2.09.